The van der Waals surface area contributed by atoms with Gasteiger partial charge in [-0.05, 0) is 25.1 Å². The first-order valence-electron chi connectivity index (χ1n) is 4.68. The van der Waals surface area contributed by atoms with Gasteiger partial charge in [0.1, 0.15) is 17.2 Å². The molecule has 1 heterocycles. The summed E-state index contributed by atoms with van der Waals surface area (Å²) in [6.07, 6.45) is 1.33. The Morgan fingerprint density at radius 2 is 1.88 bits per heavy atom. The third-order valence-corrected chi connectivity index (χ3v) is 2.99. The molecule has 0 spiro atoms. The molecule has 0 saturated heterocycles. The van der Waals surface area contributed by atoms with Crippen LogP contribution < -0.4 is 4.74 Å². The van der Waals surface area contributed by atoms with E-state index in [1.807, 2.05) is 0 Å². The summed E-state index contributed by atoms with van der Waals surface area (Å²) in [5, 5.41) is 1.30. The average molecular weight is 290 g/mol. The van der Waals surface area contributed by atoms with Crippen LogP contribution in [0.4, 0.5) is 0 Å². The van der Waals surface area contributed by atoms with E-state index < -0.39 is 0 Å². The van der Waals surface area contributed by atoms with Crippen molar-refractivity contribution in [2.45, 2.75) is 6.92 Å². The Kier molecular flexibility index (Phi) is 3.72. The number of benzene rings is 1. The molecule has 0 radical (unpaired) electrons. The standard InChI is InChI=1S/C11H7Cl3N2O/c1-6-10(14)15-5-16-11(6)17-9-3-2-7(12)4-8(9)13/h2-5H,1H3. The second-order valence-corrected chi connectivity index (χ2v) is 4.47. The van der Waals surface area contributed by atoms with E-state index in [4.69, 9.17) is 39.5 Å². The Bertz CT molecular complexity index is 560. The van der Waals surface area contributed by atoms with Gasteiger partial charge in [0.2, 0.25) is 5.88 Å². The van der Waals surface area contributed by atoms with Crippen molar-refractivity contribution < 1.29 is 4.74 Å². The smallest absolute Gasteiger partial charge is 0.226 e. The van der Waals surface area contributed by atoms with E-state index in [1.165, 1.54) is 6.33 Å². The predicted octanol–water partition coefficient (Wildman–Crippen LogP) is 4.54. The molecule has 0 aliphatic carbocycles. The second kappa shape index (κ2) is 5.08. The van der Waals surface area contributed by atoms with Gasteiger partial charge in [-0.3, -0.25) is 0 Å². The fraction of sp³-hybridized carbons (Fsp3) is 0.0909. The highest BCUT2D eigenvalue weighted by atomic mass is 35.5. The van der Waals surface area contributed by atoms with Gasteiger partial charge in [0.05, 0.1) is 5.02 Å². The van der Waals surface area contributed by atoms with Crippen molar-refractivity contribution in [3.63, 3.8) is 0 Å². The van der Waals surface area contributed by atoms with Crippen LogP contribution in [0, 0.1) is 6.92 Å². The van der Waals surface area contributed by atoms with Crippen LogP contribution in [0.25, 0.3) is 0 Å². The van der Waals surface area contributed by atoms with Crippen LogP contribution in [0.15, 0.2) is 24.5 Å². The van der Waals surface area contributed by atoms with Gasteiger partial charge in [-0.25, -0.2) is 9.97 Å². The lowest BCUT2D eigenvalue weighted by molar-refractivity contribution is 0.457. The van der Waals surface area contributed by atoms with Crippen molar-refractivity contribution in [1.29, 1.82) is 0 Å². The summed E-state index contributed by atoms with van der Waals surface area (Å²) in [4.78, 5) is 7.83. The van der Waals surface area contributed by atoms with E-state index in [0.717, 1.165) is 0 Å². The number of rotatable bonds is 2. The molecule has 2 rings (SSSR count). The highest BCUT2D eigenvalue weighted by Gasteiger charge is 2.09. The van der Waals surface area contributed by atoms with Gasteiger partial charge in [-0.2, -0.15) is 0 Å². The van der Waals surface area contributed by atoms with E-state index in [1.54, 1.807) is 25.1 Å². The second-order valence-electron chi connectivity index (χ2n) is 3.27. The van der Waals surface area contributed by atoms with E-state index in [2.05, 4.69) is 9.97 Å². The Hall–Kier alpha value is -1.03. The van der Waals surface area contributed by atoms with Crippen LogP contribution in [0.1, 0.15) is 5.56 Å². The highest BCUT2D eigenvalue weighted by Crippen LogP contribution is 2.32. The number of hydrogen-bond acceptors (Lipinski definition) is 3. The van der Waals surface area contributed by atoms with Crippen LogP contribution in [0.5, 0.6) is 11.6 Å². The normalized spacial score (nSPS) is 10.4. The van der Waals surface area contributed by atoms with Gasteiger partial charge in [-0.1, -0.05) is 34.8 Å². The molecule has 0 aliphatic heterocycles. The number of nitrogens with zero attached hydrogens (tertiary/aromatic N) is 2. The molecular formula is C11H7Cl3N2O. The van der Waals surface area contributed by atoms with E-state index in [0.29, 0.717) is 32.4 Å². The molecule has 0 aliphatic rings. The first-order valence-corrected chi connectivity index (χ1v) is 5.81. The van der Waals surface area contributed by atoms with E-state index >= 15 is 0 Å². The molecule has 3 nitrogen and oxygen atoms in total. The molecule has 88 valence electrons. The zero-order valence-corrected chi connectivity index (χ0v) is 11.0. The van der Waals surface area contributed by atoms with Gasteiger partial charge in [0, 0.05) is 10.6 Å². The lowest BCUT2D eigenvalue weighted by atomic mass is 10.3. The van der Waals surface area contributed by atoms with Crippen molar-refractivity contribution in [2.24, 2.45) is 0 Å². The minimum absolute atomic E-state index is 0.347. The van der Waals surface area contributed by atoms with Crippen LogP contribution in [0.3, 0.4) is 0 Å². The largest absolute Gasteiger partial charge is 0.437 e. The molecule has 1 aromatic carbocycles. The minimum atomic E-state index is 0.347. The average Bonchev–Trinajstić information content (AvgIpc) is 2.28. The quantitative estimate of drug-likeness (QED) is 0.761. The fourth-order valence-electron chi connectivity index (χ4n) is 1.18. The Balaban J connectivity index is 2.35. The van der Waals surface area contributed by atoms with E-state index in [-0.39, 0.29) is 0 Å². The first kappa shape index (κ1) is 12.4. The summed E-state index contributed by atoms with van der Waals surface area (Å²) < 4.78 is 5.55. The Morgan fingerprint density at radius 1 is 1.12 bits per heavy atom. The molecule has 0 unspecified atom stereocenters. The van der Waals surface area contributed by atoms with Crippen molar-refractivity contribution in [3.8, 4) is 11.6 Å². The molecule has 0 saturated carbocycles. The highest BCUT2D eigenvalue weighted by molar-refractivity contribution is 6.35. The molecule has 0 N–H and O–H groups in total. The number of hydrogen-bond donors (Lipinski definition) is 0. The van der Waals surface area contributed by atoms with Crippen LogP contribution in [-0.2, 0) is 0 Å². The van der Waals surface area contributed by atoms with Crippen molar-refractivity contribution in [2.75, 3.05) is 0 Å². The third-order valence-electron chi connectivity index (χ3n) is 2.08. The summed E-state index contributed by atoms with van der Waals surface area (Å²) in [5.41, 5.74) is 0.653. The molecule has 0 amide bonds. The van der Waals surface area contributed by atoms with Crippen molar-refractivity contribution >= 4 is 34.8 Å². The summed E-state index contributed by atoms with van der Waals surface area (Å²) in [7, 11) is 0. The summed E-state index contributed by atoms with van der Waals surface area (Å²) in [5.74, 6) is 0.836. The molecular weight excluding hydrogens is 282 g/mol. The Morgan fingerprint density at radius 3 is 2.59 bits per heavy atom. The maximum absolute atomic E-state index is 5.99. The van der Waals surface area contributed by atoms with Gasteiger partial charge < -0.3 is 4.74 Å². The molecule has 1 aromatic heterocycles. The molecule has 17 heavy (non-hydrogen) atoms. The molecule has 0 bridgehead atoms. The van der Waals surface area contributed by atoms with Crippen LogP contribution in [-0.4, -0.2) is 9.97 Å². The van der Waals surface area contributed by atoms with Crippen LogP contribution >= 0.6 is 34.8 Å². The van der Waals surface area contributed by atoms with Gasteiger partial charge >= 0.3 is 0 Å². The van der Waals surface area contributed by atoms with E-state index in [9.17, 15) is 0 Å². The maximum Gasteiger partial charge on any atom is 0.226 e. The van der Waals surface area contributed by atoms with Crippen molar-refractivity contribution in [1.82, 2.24) is 9.97 Å². The lowest BCUT2D eigenvalue weighted by Crippen LogP contribution is -1.94. The van der Waals surface area contributed by atoms with Crippen molar-refractivity contribution in [3.05, 3.63) is 45.3 Å². The number of ether oxygens (including phenoxy) is 1. The predicted molar refractivity (Wildman–Crippen MR) is 68.3 cm³/mol. The fourth-order valence-corrected chi connectivity index (χ4v) is 1.75. The molecule has 0 fully saturated rings. The zero-order valence-electron chi connectivity index (χ0n) is 8.75. The summed E-state index contributed by atoms with van der Waals surface area (Å²) >= 11 is 17.6. The van der Waals surface area contributed by atoms with Crippen LogP contribution in [0.2, 0.25) is 15.2 Å². The first-order chi connectivity index (χ1) is 8.08. The lowest BCUT2D eigenvalue weighted by Gasteiger charge is -2.09. The SMILES string of the molecule is Cc1c(Cl)ncnc1Oc1ccc(Cl)cc1Cl. The Labute approximate surface area is 113 Å². The number of halogens is 3. The zero-order chi connectivity index (χ0) is 12.4. The molecule has 6 heteroatoms. The van der Waals surface area contributed by atoms with Gasteiger partial charge in [0.15, 0.2) is 0 Å². The monoisotopic (exact) mass is 288 g/mol. The minimum Gasteiger partial charge on any atom is -0.437 e. The summed E-state index contributed by atoms with van der Waals surface area (Å²) in [6.45, 7) is 1.77. The third kappa shape index (κ3) is 2.80. The molecule has 0 atom stereocenters. The summed E-state index contributed by atoms with van der Waals surface area (Å²) in [6, 6.07) is 4.94. The van der Waals surface area contributed by atoms with Gasteiger partial charge in [-0.15, -0.1) is 0 Å². The molecule has 2 aromatic rings. The number of aromatic nitrogens is 2. The maximum atomic E-state index is 5.99. The topological polar surface area (TPSA) is 35.0 Å². The van der Waals surface area contributed by atoms with Gasteiger partial charge in [0.25, 0.3) is 0 Å².